The van der Waals surface area contributed by atoms with Gasteiger partial charge in [-0.25, -0.2) is 9.13 Å². The molecule has 0 atom stereocenters. The number of phosphoric ester groups is 2. The largest absolute Gasteiger partial charge is 0.584 e. The first-order valence-corrected chi connectivity index (χ1v) is 8.95. The average molecular weight is 344 g/mol. The standard InChI is InChI=1S/C12H10O8P2/c13-21(14)17-9-1-2-10(4-3-9)18-22(15,16)20-12-7-5-11(19-21)6-8-12/h1-8H,(H,13,14)(H,15,16). The molecule has 4 heterocycles. The summed E-state index contributed by atoms with van der Waals surface area (Å²) < 4.78 is 43.3. The highest BCUT2D eigenvalue weighted by Crippen LogP contribution is 2.48. The van der Waals surface area contributed by atoms with Gasteiger partial charge < -0.3 is 18.1 Å². The van der Waals surface area contributed by atoms with Crippen LogP contribution in [0.1, 0.15) is 0 Å². The fraction of sp³-hybridized carbons (Fsp3) is 0. The van der Waals surface area contributed by atoms with E-state index in [4.69, 9.17) is 18.1 Å². The van der Waals surface area contributed by atoms with E-state index in [2.05, 4.69) is 0 Å². The summed E-state index contributed by atoms with van der Waals surface area (Å²) >= 11 is 0. The number of benzene rings is 2. The fourth-order valence-electron chi connectivity index (χ4n) is 1.69. The van der Waals surface area contributed by atoms with Gasteiger partial charge in [0.05, 0.1) is 0 Å². The van der Waals surface area contributed by atoms with Crippen LogP contribution in [-0.2, 0) is 9.13 Å². The van der Waals surface area contributed by atoms with Crippen molar-refractivity contribution >= 4 is 15.6 Å². The molecular formula is C12H10O8P2. The van der Waals surface area contributed by atoms with E-state index in [9.17, 15) is 18.9 Å². The lowest BCUT2D eigenvalue weighted by Gasteiger charge is -2.17. The smallest absolute Gasteiger partial charge is 0.395 e. The van der Waals surface area contributed by atoms with Crippen molar-refractivity contribution in [3.05, 3.63) is 48.5 Å². The Morgan fingerprint density at radius 3 is 0.909 bits per heavy atom. The topological polar surface area (TPSA) is 112 Å². The minimum Gasteiger partial charge on any atom is -0.395 e. The van der Waals surface area contributed by atoms with Gasteiger partial charge >= 0.3 is 15.6 Å². The van der Waals surface area contributed by atoms with Crippen molar-refractivity contribution < 1.29 is 37.0 Å². The van der Waals surface area contributed by atoms with Crippen LogP contribution in [0.3, 0.4) is 0 Å². The van der Waals surface area contributed by atoms with Crippen molar-refractivity contribution in [3.8, 4) is 23.0 Å². The second-order valence-electron chi connectivity index (χ2n) is 4.25. The Labute approximate surface area is 125 Å². The lowest BCUT2D eigenvalue weighted by molar-refractivity contribution is 0.283. The van der Waals surface area contributed by atoms with Crippen LogP contribution < -0.4 is 18.1 Å². The van der Waals surface area contributed by atoms with E-state index in [1.807, 2.05) is 0 Å². The molecule has 4 aliphatic rings. The Kier molecular flexibility index (Phi) is 3.62. The van der Waals surface area contributed by atoms with Gasteiger partial charge in [0, 0.05) is 0 Å². The second-order valence-corrected chi connectivity index (χ2v) is 6.85. The molecule has 0 unspecified atom stereocenters. The molecule has 4 bridgehead atoms. The summed E-state index contributed by atoms with van der Waals surface area (Å²) in [7, 11) is -8.74. The van der Waals surface area contributed by atoms with Crippen LogP contribution in [0.25, 0.3) is 0 Å². The quantitative estimate of drug-likeness (QED) is 0.701. The number of hydrogen-bond acceptors (Lipinski definition) is 6. The summed E-state index contributed by atoms with van der Waals surface area (Å²) in [5, 5.41) is 0. The molecule has 22 heavy (non-hydrogen) atoms. The van der Waals surface area contributed by atoms with Crippen molar-refractivity contribution in [2.75, 3.05) is 0 Å². The van der Waals surface area contributed by atoms with E-state index in [1.54, 1.807) is 0 Å². The maximum atomic E-state index is 11.9. The first-order valence-electron chi connectivity index (χ1n) is 5.95. The zero-order valence-corrected chi connectivity index (χ0v) is 12.6. The SMILES string of the molecule is O=P1(O)Oc2ccc(cc2)OP(=O)(O)Oc2ccc(cc2)O1. The molecule has 10 heteroatoms. The Morgan fingerprint density at radius 1 is 0.545 bits per heavy atom. The molecule has 0 spiro atoms. The van der Waals surface area contributed by atoms with Gasteiger partial charge in [-0.05, 0) is 48.5 Å². The molecular weight excluding hydrogens is 334 g/mol. The Bertz CT molecular complexity index is 645. The maximum absolute atomic E-state index is 11.9. The zero-order valence-electron chi connectivity index (χ0n) is 10.9. The molecule has 0 aromatic heterocycles. The molecule has 4 aliphatic heterocycles. The van der Waals surface area contributed by atoms with Gasteiger partial charge in [-0.3, -0.25) is 9.79 Å². The summed E-state index contributed by atoms with van der Waals surface area (Å²) in [6, 6.07) is 10.3. The third-order valence-electron chi connectivity index (χ3n) is 2.53. The van der Waals surface area contributed by atoms with Crippen LogP contribution in [0.5, 0.6) is 23.0 Å². The molecule has 0 saturated carbocycles. The van der Waals surface area contributed by atoms with Crippen molar-refractivity contribution in [1.29, 1.82) is 0 Å². The van der Waals surface area contributed by atoms with E-state index in [0.717, 1.165) is 0 Å². The summed E-state index contributed by atoms with van der Waals surface area (Å²) in [5.74, 6) is 0.113. The Morgan fingerprint density at radius 2 is 0.727 bits per heavy atom. The van der Waals surface area contributed by atoms with Crippen molar-refractivity contribution in [1.82, 2.24) is 0 Å². The predicted molar refractivity (Wildman–Crippen MR) is 75.0 cm³/mol. The molecule has 6 rings (SSSR count). The van der Waals surface area contributed by atoms with Gasteiger partial charge in [0.15, 0.2) is 0 Å². The van der Waals surface area contributed by atoms with Gasteiger partial charge in [0.2, 0.25) is 0 Å². The van der Waals surface area contributed by atoms with Gasteiger partial charge in [-0.1, -0.05) is 0 Å². The molecule has 0 fully saturated rings. The third-order valence-corrected chi connectivity index (χ3v) is 4.30. The molecule has 116 valence electrons. The highest BCUT2D eigenvalue weighted by molar-refractivity contribution is 7.48. The number of hydrogen-bond donors (Lipinski definition) is 2. The summed E-state index contributed by atoms with van der Waals surface area (Å²) in [4.78, 5) is 19.4. The second kappa shape index (κ2) is 5.34. The highest BCUT2D eigenvalue weighted by atomic mass is 31.2. The van der Waals surface area contributed by atoms with Gasteiger partial charge in [0.25, 0.3) is 0 Å². The van der Waals surface area contributed by atoms with Crippen LogP contribution in [0, 0.1) is 0 Å². The lowest BCUT2D eigenvalue weighted by Crippen LogP contribution is -2.02. The van der Waals surface area contributed by atoms with E-state index in [0.29, 0.717) is 0 Å². The minimum absolute atomic E-state index is 0.0283. The number of rotatable bonds is 0. The molecule has 0 radical (unpaired) electrons. The number of phosphoric acid groups is 2. The van der Waals surface area contributed by atoms with Crippen LogP contribution in [0.15, 0.2) is 48.5 Å². The summed E-state index contributed by atoms with van der Waals surface area (Å²) in [6.45, 7) is 0. The lowest BCUT2D eigenvalue weighted by atomic mass is 10.3. The maximum Gasteiger partial charge on any atom is 0.584 e. The van der Waals surface area contributed by atoms with Gasteiger partial charge in [-0.15, -0.1) is 0 Å². The first-order chi connectivity index (χ1) is 10.3. The monoisotopic (exact) mass is 344 g/mol. The predicted octanol–water partition coefficient (Wildman–Crippen LogP) is 3.12. The van der Waals surface area contributed by atoms with E-state index in [-0.39, 0.29) is 23.0 Å². The molecule has 0 aliphatic carbocycles. The first kappa shape index (κ1) is 14.9. The summed E-state index contributed by atoms with van der Waals surface area (Å²) in [6.07, 6.45) is 0. The molecule has 2 aromatic carbocycles. The highest BCUT2D eigenvalue weighted by Gasteiger charge is 2.28. The van der Waals surface area contributed by atoms with Crippen molar-refractivity contribution in [2.45, 2.75) is 0 Å². The zero-order chi connectivity index (χ0) is 15.8. The van der Waals surface area contributed by atoms with Crippen LogP contribution in [0.4, 0.5) is 0 Å². The van der Waals surface area contributed by atoms with E-state index in [1.165, 1.54) is 48.5 Å². The molecule has 2 N–H and O–H groups in total. The van der Waals surface area contributed by atoms with Crippen molar-refractivity contribution in [2.24, 2.45) is 0 Å². The van der Waals surface area contributed by atoms with Gasteiger partial charge in [0.1, 0.15) is 23.0 Å². The van der Waals surface area contributed by atoms with E-state index < -0.39 is 15.6 Å². The van der Waals surface area contributed by atoms with Crippen LogP contribution in [0.2, 0.25) is 0 Å². The molecule has 2 aromatic rings. The van der Waals surface area contributed by atoms with Gasteiger partial charge in [-0.2, -0.15) is 0 Å². The fourth-order valence-corrected chi connectivity index (χ4v) is 3.32. The molecule has 0 saturated heterocycles. The summed E-state index contributed by atoms with van der Waals surface area (Å²) in [5.41, 5.74) is 0. The van der Waals surface area contributed by atoms with E-state index >= 15 is 0 Å². The minimum atomic E-state index is -4.37. The Hall–Kier alpha value is -1.98. The van der Waals surface area contributed by atoms with Crippen LogP contribution >= 0.6 is 15.6 Å². The average Bonchev–Trinajstić information content (AvgIpc) is 2.41. The van der Waals surface area contributed by atoms with Crippen LogP contribution in [-0.4, -0.2) is 9.79 Å². The van der Waals surface area contributed by atoms with Crippen molar-refractivity contribution in [3.63, 3.8) is 0 Å². The third kappa shape index (κ3) is 3.61. The molecule has 0 amide bonds. The Balaban J connectivity index is 2.03. The normalized spacial score (nSPS) is 27.0. The molecule has 8 nitrogen and oxygen atoms in total.